The Bertz CT molecular complexity index is 754. The number of hydrogen-bond acceptors (Lipinski definition) is 5. The predicted molar refractivity (Wildman–Crippen MR) is 103 cm³/mol. The zero-order chi connectivity index (χ0) is 20.4. The summed E-state index contributed by atoms with van der Waals surface area (Å²) in [5.74, 6) is -2.04. The maximum Gasteiger partial charge on any atom is 0.328 e. The maximum absolute atomic E-state index is 11.6. The molecule has 0 aliphatic carbocycles. The van der Waals surface area contributed by atoms with Crippen LogP contribution < -0.4 is 0 Å². The largest absolute Gasteiger partial charge is 0.478 e. The molecule has 1 fully saturated rings. The lowest BCUT2D eigenvalue weighted by Gasteiger charge is -2.32. The minimum Gasteiger partial charge on any atom is -0.478 e. The second kappa shape index (κ2) is 10.8. The van der Waals surface area contributed by atoms with E-state index in [2.05, 4.69) is 17.9 Å². The monoisotopic (exact) mass is 397 g/mol. The molecule has 2 rings (SSSR count). The van der Waals surface area contributed by atoms with E-state index in [1.807, 2.05) is 12.1 Å². The Hall–Kier alpha value is -2.19. The van der Waals surface area contributed by atoms with Crippen LogP contribution >= 0.6 is 0 Å². The summed E-state index contributed by atoms with van der Waals surface area (Å²) in [5.41, 5.74) is 1.17. The summed E-state index contributed by atoms with van der Waals surface area (Å²) in [5, 5.41) is 15.6. The van der Waals surface area contributed by atoms with Crippen LogP contribution in [0.15, 0.2) is 41.3 Å². The van der Waals surface area contributed by atoms with E-state index in [1.165, 1.54) is 31.2 Å². The zero-order valence-electron chi connectivity index (χ0n) is 15.7. The molecule has 1 aromatic carbocycles. The summed E-state index contributed by atoms with van der Waals surface area (Å²) >= 11 is 0. The molecule has 1 aliphatic rings. The van der Waals surface area contributed by atoms with Gasteiger partial charge in [0.15, 0.2) is 9.84 Å². The average Bonchev–Trinajstić information content (AvgIpc) is 2.60. The number of carboxylic acid groups (broad SMARTS) is 2. The van der Waals surface area contributed by atoms with Crippen molar-refractivity contribution in [1.29, 1.82) is 0 Å². The third-order valence-electron chi connectivity index (χ3n) is 4.17. The Balaban J connectivity index is 0.000000387. The maximum atomic E-state index is 11.6. The van der Waals surface area contributed by atoms with Crippen LogP contribution in [0.25, 0.3) is 0 Å². The predicted octanol–water partition coefficient (Wildman–Crippen LogP) is 2.39. The molecule has 0 saturated carbocycles. The van der Waals surface area contributed by atoms with Crippen LogP contribution in [0.4, 0.5) is 0 Å². The van der Waals surface area contributed by atoms with Gasteiger partial charge in [0.1, 0.15) is 0 Å². The Labute approximate surface area is 160 Å². The molecular formula is C19H27NO6S. The van der Waals surface area contributed by atoms with Crippen molar-refractivity contribution in [1.82, 2.24) is 4.90 Å². The van der Waals surface area contributed by atoms with Gasteiger partial charge in [0.25, 0.3) is 0 Å². The molecule has 27 heavy (non-hydrogen) atoms. The second-order valence-electron chi connectivity index (χ2n) is 6.49. The van der Waals surface area contributed by atoms with Gasteiger partial charge in [-0.05, 0) is 56.0 Å². The molecule has 7 nitrogen and oxygen atoms in total. The number of aliphatic carboxylic acids is 2. The molecule has 8 heteroatoms. The Morgan fingerprint density at radius 2 is 1.85 bits per heavy atom. The van der Waals surface area contributed by atoms with Gasteiger partial charge in [0, 0.05) is 25.0 Å². The Morgan fingerprint density at radius 3 is 2.37 bits per heavy atom. The lowest BCUT2D eigenvalue weighted by Crippen LogP contribution is -2.34. The number of carboxylic acids is 2. The van der Waals surface area contributed by atoms with Gasteiger partial charge < -0.3 is 15.1 Å². The minimum absolute atomic E-state index is 0.442. The van der Waals surface area contributed by atoms with Gasteiger partial charge >= 0.3 is 11.9 Å². The molecule has 1 saturated heterocycles. The van der Waals surface area contributed by atoms with Crippen molar-refractivity contribution in [2.24, 2.45) is 0 Å². The third-order valence-corrected chi connectivity index (χ3v) is 5.28. The van der Waals surface area contributed by atoms with Crippen molar-refractivity contribution < 1.29 is 28.2 Å². The van der Waals surface area contributed by atoms with Crippen molar-refractivity contribution in [3.8, 4) is 0 Å². The summed E-state index contributed by atoms with van der Waals surface area (Å²) in [7, 11) is -3.10. The normalized spacial score (nSPS) is 17.9. The number of carbonyl (C=O) groups is 2. The van der Waals surface area contributed by atoms with Crippen molar-refractivity contribution >= 4 is 21.8 Å². The van der Waals surface area contributed by atoms with E-state index >= 15 is 0 Å². The summed E-state index contributed by atoms with van der Waals surface area (Å²) in [6, 6.07) is 7.47. The molecule has 150 valence electrons. The average molecular weight is 397 g/mol. The van der Waals surface area contributed by atoms with Gasteiger partial charge in [0.05, 0.1) is 4.90 Å². The van der Waals surface area contributed by atoms with Gasteiger partial charge in [-0.3, -0.25) is 0 Å². The fraction of sp³-hybridized carbons (Fsp3) is 0.474. The number of nitrogens with zero attached hydrogens (tertiary/aromatic N) is 1. The first-order valence-corrected chi connectivity index (χ1v) is 10.7. The fourth-order valence-corrected chi connectivity index (χ4v) is 3.66. The van der Waals surface area contributed by atoms with Crippen LogP contribution in [0.2, 0.25) is 0 Å². The van der Waals surface area contributed by atoms with Gasteiger partial charge in [-0.2, -0.15) is 0 Å². The molecule has 2 N–H and O–H groups in total. The van der Waals surface area contributed by atoms with Gasteiger partial charge in [0.2, 0.25) is 0 Å². The smallest absolute Gasteiger partial charge is 0.328 e. The highest BCUT2D eigenvalue weighted by molar-refractivity contribution is 7.90. The van der Waals surface area contributed by atoms with E-state index in [4.69, 9.17) is 10.2 Å². The standard InChI is InChI=1S/C15H23NO2S.C4H4O4/c1-3-9-16-10-5-7-14(12-16)13-6-4-8-15(11-13)19(2,17)18;5-3(6)1-2-4(7)8/h4,6,8,11,14H,3,5,7,9-10,12H2,1-2H3;1-2H,(H,5,6)(H,7,8)/b;2-1+/t14-;/m1./s1. The van der Waals surface area contributed by atoms with E-state index < -0.39 is 21.8 Å². The summed E-state index contributed by atoms with van der Waals surface area (Å²) in [6.07, 6.45) is 5.93. The number of benzene rings is 1. The lowest BCUT2D eigenvalue weighted by molar-refractivity contribution is -0.134. The molecule has 1 aliphatic heterocycles. The molecular weight excluding hydrogens is 370 g/mol. The van der Waals surface area contributed by atoms with Crippen molar-refractivity contribution in [2.45, 2.75) is 37.0 Å². The van der Waals surface area contributed by atoms with E-state index in [0.717, 1.165) is 19.5 Å². The van der Waals surface area contributed by atoms with Gasteiger partial charge in [-0.25, -0.2) is 18.0 Å². The van der Waals surface area contributed by atoms with Crippen LogP contribution in [-0.4, -0.2) is 61.4 Å². The first-order chi connectivity index (χ1) is 12.6. The topological polar surface area (TPSA) is 112 Å². The highest BCUT2D eigenvalue weighted by Gasteiger charge is 2.21. The first-order valence-electron chi connectivity index (χ1n) is 8.79. The van der Waals surface area contributed by atoms with Crippen molar-refractivity contribution in [3.05, 3.63) is 42.0 Å². The highest BCUT2D eigenvalue weighted by Crippen LogP contribution is 2.28. The molecule has 0 aromatic heterocycles. The van der Waals surface area contributed by atoms with Crippen LogP contribution in [0.1, 0.15) is 37.7 Å². The Kier molecular flexibility index (Phi) is 9.17. The van der Waals surface area contributed by atoms with E-state index in [9.17, 15) is 18.0 Å². The number of likely N-dealkylation sites (tertiary alicyclic amines) is 1. The van der Waals surface area contributed by atoms with Crippen molar-refractivity contribution in [3.63, 3.8) is 0 Å². The molecule has 1 atom stereocenters. The van der Waals surface area contributed by atoms with Crippen molar-refractivity contribution in [2.75, 3.05) is 25.9 Å². The van der Waals surface area contributed by atoms with Gasteiger partial charge in [-0.1, -0.05) is 19.1 Å². The third kappa shape index (κ3) is 8.83. The molecule has 0 amide bonds. The molecule has 1 heterocycles. The van der Waals surface area contributed by atoms with Crippen LogP contribution in [0.3, 0.4) is 0 Å². The molecule has 0 unspecified atom stereocenters. The van der Waals surface area contributed by atoms with Crippen LogP contribution in [-0.2, 0) is 19.4 Å². The number of sulfone groups is 1. The first kappa shape index (κ1) is 22.9. The number of hydrogen-bond donors (Lipinski definition) is 2. The molecule has 0 spiro atoms. The zero-order valence-corrected chi connectivity index (χ0v) is 16.5. The van der Waals surface area contributed by atoms with Crippen LogP contribution in [0.5, 0.6) is 0 Å². The van der Waals surface area contributed by atoms with Crippen LogP contribution in [0, 0.1) is 0 Å². The SMILES string of the molecule is CCCN1CCC[C@@H](c2cccc(S(C)(=O)=O)c2)C1.O=C(O)/C=C/C(=O)O. The summed E-state index contributed by atoms with van der Waals surface area (Å²) < 4.78 is 23.2. The van der Waals surface area contributed by atoms with E-state index in [1.54, 1.807) is 6.07 Å². The molecule has 1 aromatic rings. The van der Waals surface area contributed by atoms with E-state index in [0.29, 0.717) is 23.0 Å². The molecule has 0 radical (unpaired) electrons. The quantitative estimate of drug-likeness (QED) is 0.709. The van der Waals surface area contributed by atoms with Gasteiger partial charge in [-0.15, -0.1) is 0 Å². The molecule has 0 bridgehead atoms. The number of piperidine rings is 1. The number of rotatable bonds is 6. The fourth-order valence-electron chi connectivity index (χ4n) is 2.99. The lowest BCUT2D eigenvalue weighted by atomic mass is 9.90. The minimum atomic E-state index is -3.10. The highest BCUT2D eigenvalue weighted by atomic mass is 32.2. The summed E-state index contributed by atoms with van der Waals surface area (Å²) in [4.78, 5) is 22.0. The van der Waals surface area contributed by atoms with E-state index in [-0.39, 0.29) is 0 Å². The Morgan fingerprint density at radius 1 is 1.22 bits per heavy atom. The summed E-state index contributed by atoms with van der Waals surface area (Å²) in [6.45, 7) is 5.58. The second-order valence-corrected chi connectivity index (χ2v) is 8.51.